The molecule has 1 unspecified atom stereocenters. The van der Waals surface area contributed by atoms with Crippen molar-refractivity contribution in [2.24, 2.45) is 0 Å². The van der Waals surface area contributed by atoms with Crippen LogP contribution in [0, 0.1) is 0 Å². The van der Waals surface area contributed by atoms with Crippen LogP contribution in [0.5, 0.6) is 17.2 Å². The summed E-state index contributed by atoms with van der Waals surface area (Å²) in [4.78, 5) is 17.8. The van der Waals surface area contributed by atoms with Crippen molar-refractivity contribution in [1.29, 1.82) is 0 Å². The fraction of sp³-hybridized carbons (Fsp3) is 0.154. The fourth-order valence-electron chi connectivity index (χ4n) is 4.13. The number of carbonyl (C=O) groups excluding carboxylic acids is 1. The predicted octanol–water partition coefficient (Wildman–Crippen LogP) is 5.24. The lowest BCUT2D eigenvalue weighted by molar-refractivity contribution is 0.242. The van der Waals surface area contributed by atoms with Crippen LogP contribution >= 0.6 is 11.3 Å². The summed E-state index contributed by atoms with van der Waals surface area (Å²) in [5.74, 6) is 1.51. The van der Waals surface area contributed by atoms with E-state index in [-0.39, 0.29) is 6.03 Å². The molecule has 34 heavy (non-hydrogen) atoms. The number of benzene rings is 3. The Morgan fingerprint density at radius 2 is 1.56 bits per heavy atom. The highest BCUT2D eigenvalue weighted by Crippen LogP contribution is 2.45. The maximum atomic E-state index is 12.9. The summed E-state index contributed by atoms with van der Waals surface area (Å²) in [7, 11) is 4.70. The van der Waals surface area contributed by atoms with Gasteiger partial charge in [-0.05, 0) is 35.4 Å². The van der Waals surface area contributed by atoms with Crippen molar-refractivity contribution in [3.63, 3.8) is 0 Å². The highest BCUT2D eigenvalue weighted by atomic mass is 32.1. The highest BCUT2D eigenvalue weighted by Gasteiger charge is 2.33. The Balaban J connectivity index is 1.78. The van der Waals surface area contributed by atoms with E-state index >= 15 is 0 Å². The number of hydrogen-bond donors (Lipinski definition) is 2. The molecule has 0 radical (unpaired) electrons. The SMILES string of the molecule is COc1cc(C2NC(=O)NC(c3ccccc3)=C2c2nc3ccccc3s2)cc(OC)c1OC. The molecule has 2 amide bonds. The number of rotatable bonds is 6. The Labute approximate surface area is 201 Å². The minimum Gasteiger partial charge on any atom is -0.493 e. The van der Waals surface area contributed by atoms with E-state index in [9.17, 15) is 4.79 Å². The van der Waals surface area contributed by atoms with Gasteiger partial charge < -0.3 is 24.8 Å². The van der Waals surface area contributed by atoms with Crippen LogP contribution in [-0.2, 0) is 0 Å². The second-order valence-corrected chi connectivity index (χ2v) is 8.66. The van der Waals surface area contributed by atoms with Gasteiger partial charge >= 0.3 is 6.03 Å². The van der Waals surface area contributed by atoms with Crippen LogP contribution in [0.2, 0.25) is 0 Å². The van der Waals surface area contributed by atoms with Crippen LogP contribution in [0.3, 0.4) is 0 Å². The van der Waals surface area contributed by atoms with Gasteiger partial charge in [0.05, 0.1) is 43.3 Å². The first-order valence-corrected chi connectivity index (χ1v) is 11.5. The van der Waals surface area contributed by atoms with Crippen molar-refractivity contribution < 1.29 is 19.0 Å². The Hall–Kier alpha value is -4.04. The summed E-state index contributed by atoms with van der Waals surface area (Å²) < 4.78 is 17.7. The summed E-state index contributed by atoms with van der Waals surface area (Å²) in [6, 6.07) is 20.7. The summed E-state index contributed by atoms with van der Waals surface area (Å²) >= 11 is 1.58. The number of amides is 2. The number of thiazole rings is 1. The molecular weight excluding hydrogens is 450 g/mol. The third-order valence-electron chi connectivity index (χ3n) is 5.68. The number of nitrogens with zero attached hydrogens (tertiary/aromatic N) is 1. The molecule has 0 saturated heterocycles. The Morgan fingerprint density at radius 3 is 2.21 bits per heavy atom. The van der Waals surface area contributed by atoms with Gasteiger partial charge in [0.15, 0.2) is 11.5 Å². The fourth-order valence-corrected chi connectivity index (χ4v) is 5.18. The normalized spacial score (nSPS) is 15.6. The van der Waals surface area contributed by atoms with Crippen LogP contribution in [0.15, 0.2) is 66.7 Å². The Bertz CT molecular complexity index is 1340. The molecule has 8 heteroatoms. The number of fused-ring (bicyclic) bond motifs is 1. The third kappa shape index (κ3) is 3.82. The maximum absolute atomic E-state index is 12.9. The topological polar surface area (TPSA) is 81.7 Å². The zero-order valence-electron chi connectivity index (χ0n) is 18.9. The van der Waals surface area contributed by atoms with Gasteiger partial charge in [-0.25, -0.2) is 9.78 Å². The minimum atomic E-state index is -0.502. The maximum Gasteiger partial charge on any atom is 0.320 e. The molecule has 0 fully saturated rings. The van der Waals surface area contributed by atoms with E-state index < -0.39 is 6.04 Å². The van der Waals surface area contributed by atoms with Crippen LogP contribution in [-0.4, -0.2) is 32.3 Å². The van der Waals surface area contributed by atoms with E-state index in [1.165, 1.54) is 0 Å². The lowest BCUT2D eigenvalue weighted by atomic mass is 9.92. The molecule has 2 heterocycles. The van der Waals surface area contributed by atoms with Crippen molar-refractivity contribution in [3.8, 4) is 17.2 Å². The lowest BCUT2D eigenvalue weighted by Crippen LogP contribution is -2.43. The van der Waals surface area contributed by atoms with E-state index in [2.05, 4.69) is 10.6 Å². The first-order chi connectivity index (χ1) is 16.6. The first-order valence-electron chi connectivity index (χ1n) is 10.7. The van der Waals surface area contributed by atoms with Crippen LogP contribution in [0.1, 0.15) is 22.2 Å². The molecule has 3 aromatic carbocycles. The Kier molecular flexibility index (Phi) is 5.81. The standard InChI is InChI=1S/C26H23N3O4S/c1-31-18-13-16(14-19(32-2)24(18)33-3)23-21(25-27-17-11-7-8-12-20(17)34-25)22(28-26(30)29-23)15-9-5-4-6-10-15/h4-14,23H,1-3H3,(H2,28,29,30). The number of hydrogen-bond acceptors (Lipinski definition) is 6. The van der Waals surface area contributed by atoms with Crippen molar-refractivity contribution in [3.05, 3.63) is 82.9 Å². The largest absolute Gasteiger partial charge is 0.493 e. The summed E-state index contributed by atoms with van der Waals surface area (Å²) in [6.07, 6.45) is 0. The third-order valence-corrected chi connectivity index (χ3v) is 6.75. The number of methoxy groups -OCH3 is 3. The van der Waals surface area contributed by atoms with Gasteiger partial charge in [0.1, 0.15) is 5.01 Å². The van der Waals surface area contributed by atoms with E-state index in [0.717, 1.165) is 31.9 Å². The van der Waals surface area contributed by atoms with Gasteiger partial charge in [0.25, 0.3) is 0 Å². The smallest absolute Gasteiger partial charge is 0.320 e. The monoisotopic (exact) mass is 473 g/mol. The molecule has 0 aliphatic carbocycles. The average Bonchev–Trinajstić information content (AvgIpc) is 3.31. The van der Waals surface area contributed by atoms with Crippen LogP contribution in [0.25, 0.3) is 21.5 Å². The molecular formula is C26H23N3O4S. The van der Waals surface area contributed by atoms with E-state index in [1.807, 2.05) is 66.7 Å². The quantitative estimate of drug-likeness (QED) is 0.400. The van der Waals surface area contributed by atoms with Crippen LogP contribution < -0.4 is 24.8 Å². The second-order valence-electron chi connectivity index (χ2n) is 7.63. The van der Waals surface area contributed by atoms with Crippen molar-refractivity contribution in [2.75, 3.05) is 21.3 Å². The van der Waals surface area contributed by atoms with Gasteiger partial charge in [-0.2, -0.15) is 0 Å². The molecule has 1 atom stereocenters. The molecule has 1 aliphatic heterocycles. The van der Waals surface area contributed by atoms with Gasteiger partial charge in [-0.1, -0.05) is 42.5 Å². The lowest BCUT2D eigenvalue weighted by Gasteiger charge is -2.30. The number of urea groups is 1. The zero-order chi connectivity index (χ0) is 23.7. The zero-order valence-corrected chi connectivity index (χ0v) is 19.7. The molecule has 7 nitrogen and oxygen atoms in total. The molecule has 1 aliphatic rings. The predicted molar refractivity (Wildman–Crippen MR) is 133 cm³/mol. The number of aromatic nitrogens is 1. The van der Waals surface area contributed by atoms with Crippen molar-refractivity contribution in [1.82, 2.24) is 15.6 Å². The molecule has 4 aromatic rings. The summed E-state index contributed by atoms with van der Waals surface area (Å²) in [5, 5.41) is 6.90. The minimum absolute atomic E-state index is 0.303. The number of ether oxygens (including phenoxy) is 3. The second kappa shape index (κ2) is 9.07. The molecule has 5 rings (SSSR count). The molecule has 0 saturated carbocycles. The molecule has 0 spiro atoms. The Morgan fingerprint density at radius 1 is 0.882 bits per heavy atom. The van der Waals surface area contributed by atoms with Gasteiger partial charge in [0.2, 0.25) is 5.75 Å². The molecule has 172 valence electrons. The molecule has 2 N–H and O–H groups in total. The molecule has 0 bridgehead atoms. The highest BCUT2D eigenvalue weighted by molar-refractivity contribution is 7.19. The van der Waals surface area contributed by atoms with E-state index in [4.69, 9.17) is 19.2 Å². The number of nitrogens with one attached hydrogen (secondary N) is 2. The number of carbonyl (C=O) groups is 1. The van der Waals surface area contributed by atoms with Gasteiger partial charge in [0, 0.05) is 5.57 Å². The van der Waals surface area contributed by atoms with Crippen molar-refractivity contribution in [2.45, 2.75) is 6.04 Å². The van der Waals surface area contributed by atoms with E-state index in [1.54, 1.807) is 32.7 Å². The van der Waals surface area contributed by atoms with Crippen LogP contribution in [0.4, 0.5) is 4.79 Å². The summed E-state index contributed by atoms with van der Waals surface area (Å²) in [6.45, 7) is 0. The van der Waals surface area contributed by atoms with Gasteiger partial charge in [-0.3, -0.25) is 0 Å². The van der Waals surface area contributed by atoms with E-state index in [0.29, 0.717) is 22.9 Å². The first kappa shape index (κ1) is 21.8. The van der Waals surface area contributed by atoms with Gasteiger partial charge in [-0.15, -0.1) is 11.3 Å². The number of para-hydroxylation sites is 1. The van der Waals surface area contributed by atoms with Crippen molar-refractivity contribution >= 4 is 38.9 Å². The average molecular weight is 474 g/mol. The summed E-state index contributed by atoms with van der Waals surface area (Å²) in [5.41, 5.74) is 4.16. The molecule has 1 aromatic heterocycles.